The van der Waals surface area contributed by atoms with E-state index in [1.807, 2.05) is 6.08 Å². The zero-order chi connectivity index (χ0) is 30.6. The fourth-order valence-electron chi connectivity index (χ4n) is 6.55. The Bertz CT molecular complexity index is 1920. The van der Waals surface area contributed by atoms with Gasteiger partial charge in [0.05, 0.1) is 27.9 Å². The van der Waals surface area contributed by atoms with Gasteiger partial charge < -0.3 is 4.90 Å². The van der Waals surface area contributed by atoms with E-state index < -0.39 is 27.1 Å². The number of aromatic nitrogens is 3. The molecule has 2 aromatic heterocycles. The highest BCUT2D eigenvalue weighted by Gasteiger charge is 2.51. The van der Waals surface area contributed by atoms with Gasteiger partial charge in [0.25, 0.3) is 0 Å². The molecule has 0 bridgehead atoms. The van der Waals surface area contributed by atoms with Gasteiger partial charge in [-0.15, -0.1) is 0 Å². The van der Waals surface area contributed by atoms with Crippen LogP contribution in [0.5, 0.6) is 0 Å². The summed E-state index contributed by atoms with van der Waals surface area (Å²) in [6.07, 6.45) is 7.60. The van der Waals surface area contributed by atoms with Crippen LogP contribution >= 0.6 is 0 Å². The molecule has 226 valence electrons. The third-order valence-electron chi connectivity index (χ3n) is 8.85. The number of hydrogen-bond acceptors (Lipinski definition) is 6. The summed E-state index contributed by atoms with van der Waals surface area (Å²) in [7, 11) is -4.28. The van der Waals surface area contributed by atoms with Crippen molar-refractivity contribution in [2.24, 2.45) is 5.41 Å². The van der Waals surface area contributed by atoms with Gasteiger partial charge in [-0.2, -0.15) is 9.40 Å². The van der Waals surface area contributed by atoms with Gasteiger partial charge in [-0.3, -0.25) is 4.79 Å². The van der Waals surface area contributed by atoms with Gasteiger partial charge in [-0.25, -0.2) is 31.3 Å². The lowest BCUT2D eigenvalue weighted by atomic mass is 9.65. The maximum atomic E-state index is 14.7. The Morgan fingerprint density at radius 2 is 1.68 bits per heavy atom. The van der Waals surface area contributed by atoms with Crippen molar-refractivity contribution in [3.63, 3.8) is 0 Å². The second-order valence-electron chi connectivity index (χ2n) is 11.5. The van der Waals surface area contributed by atoms with Crippen molar-refractivity contribution < 1.29 is 26.4 Å². The van der Waals surface area contributed by atoms with Crippen molar-refractivity contribution in [3.8, 4) is 5.69 Å². The molecule has 2 aromatic carbocycles. The van der Waals surface area contributed by atoms with E-state index in [9.17, 15) is 26.4 Å². The molecule has 2 fully saturated rings. The van der Waals surface area contributed by atoms with Gasteiger partial charge in [0, 0.05) is 37.9 Å². The number of carbonyl (C=O) groups is 1. The maximum absolute atomic E-state index is 14.7. The zero-order valence-electron chi connectivity index (χ0n) is 23.6. The molecule has 4 aromatic rings. The summed E-state index contributed by atoms with van der Waals surface area (Å²) in [5.74, 6) is -2.35. The van der Waals surface area contributed by atoms with Gasteiger partial charge in [0.1, 0.15) is 11.6 Å². The smallest absolute Gasteiger partial charge is 0.243 e. The van der Waals surface area contributed by atoms with E-state index in [1.165, 1.54) is 16.4 Å². The van der Waals surface area contributed by atoms with Crippen LogP contribution in [0.2, 0.25) is 0 Å². The Morgan fingerprint density at radius 1 is 0.909 bits per heavy atom. The molecular formula is C32H28F3N5O3S. The molecule has 4 heterocycles. The first-order chi connectivity index (χ1) is 21.2. The number of sulfonamides is 1. The van der Waals surface area contributed by atoms with Gasteiger partial charge in [-0.05, 0) is 91.9 Å². The third kappa shape index (κ3) is 4.72. The van der Waals surface area contributed by atoms with Crippen molar-refractivity contribution >= 4 is 27.7 Å². The molecule has 44 heavy (non-hydrogen) atoms. The summed E-state index contributed by atoms with van der Waals surface area (Å²) in [6, 6.07) is 11.8. The number of pyridine rings is 1. The fourth-order valence-corrected chi connectivity index (χ4v) is 8.06. The van der Waals surface area contributed by atoms with Gasteiger partial charge in [0.15, 0.2) is 17.4 Å². The molecule has 0 spiro atoms. The first-order valence-electron chi connectivity index (χ1n) is 14.4. The average molecular weight is 620 g/mol. The predicted molar refractivity (Wildman–Crippen MR) is 157 cm³/mol. The van der Waals surface area contributed by atoms with Crippen LogP contribution in [0.25, 0.3) is 11.8 Å². The van der Waals surface area contributed by atoms with E-state index >= 15 is 0 Å². The molecule has 0 amide bonds. The Balaban J connectivity index is 1.32. The summed E-state index contributed by atoms with van der Waals surface area (Å²) in [5, 5.41) is 4.53. The van der Waals surface area contributed by atoms with E-state index in [4.69, 9.17) is 0 Å². The highest BCUT2D eigenvalue weighted by atomic mass is 32.2. The summed E-state index contributed by atoms with van der Waals surface area (Å²) in [6.45, 7) is 1.53. The van der Waals surface area contributed by atoms with Crippen LogP contribution in [0.1, 0.15) is 40.9 Å². The molecule has 0 N–H and O–H groups in total. The molecule has 1 aliphatic carbocycles. The summed E-state index contributed by atoms with van der Waals surface area (Å²) < 4.78 is 71.8. The van der Waals surface area contributed by atoms with E-state index in [1.54, 1.807) is 41.3 Å². The molecule has 8 nitrogen and oxygen atoms in total. The van der Waals surface area contributed by atoms with Crippen LogP contribution in [0.4, 0.5) is 19.0 Å². The van der Waals surface area contributed by atoms with Crippen LogP contribution < -0.4 is 4.90 Å². The van der Waals surface area contributed by atoms with Crippen LogP contribution in [0, 0.1) is 22.9 Å². The Kier molecular flexibility index (Phi) is 6.93. The van der Waals surface area contributed by atoms with Crippen molar-refractivity contribution in [3.05, 3.63) is 107 Å². The first kappa shape index (κ1) is 28.5. The highest BCUT2D eigenvalue weighted by Crippen LogP contribution is 2.47. The number of carbonyl (C=O) groups excluding carboxylic acids is 1. The quantitative estimate of drug-likeness (QED) is 0.276. The topological polar surface area (TPSA) is 88.4 Å². The fraction of sp³-hybridized carbons (Fsp3) is 0.281. The molecule has 12 heteroatoms. The zero-order valence-corrected chi connectivity index (χ0v) is 24.4. The Morgan fingerprint density at radius 3 is 2.43 bits per heavy atom. The minimum absolute atomic E-state index is 0.0393. The van der Waals surface area contributed by atoms with Crippen LogP contribution in [-0.2, 0) is 16.4 Å². The summed E-state index contributed by atoms with van der Waals surface area (Å²) in [4.78, 5) is 20.9. The van der Waals surface area contributed by atoms with Crippen LogP contribution in [-0.4, -0.2) is 59.4 Å². The number of Topliss-reactive ketones (excluding diaryl/α,β-unsaturated/α-hetero) is 1. The number of piperidine rings is 1. The number of fused-ring (bicyclic) bond motifs is 2. The minimum Gasteiger partial charge on any atom is -0.357 e. The summed E-state index contributed by atoms with van der Waals surface area (Å²) in [5.41, 5.74) is 1.99. The van der Waals surface area contributed by atoms with Crippen molar-refractivity contribution in [2.45, 2.75) is 30.6 Å². The third-order valence-corrected chi connectivity index (χ3v) is 10.7. The Hall–Kier alpha value is -4.29. The predicted octanol–water partition coefficient (Wildman–Crippen LogP) is 5.19. The monoisotopic (exact) mass is 619 g/mol. The minimum atomic E-state index is -4.28. The molecule has 7 rings (SSSR count). The lowest BCUT2D eigenvalue weighted by molar-refractivity contribution is 0.0775. The van der Waals surface area contributed by atoms with Crippen LogP contribution in [0.15, 0.2) is 77.5 Å². The molecule has 0 unspecified atom stereocenters. The maximum Gasteiger partial charge on any atom is 0.243 e. The average Bonchev–Trinajstić information content (AvgIpc) is 3.71. The van der Waals surface area contributed by atoms with Crippen molar-refractivity contribution in [1.82, 2.24) is 19.1 Å². The first-order valence-corrected chi connectivity index (χ1v) is 15.8. The Labute approximate surface area is 252 Å². The molecule has 2 saturated heterocycles. The lowest BCUT2D eigenvalue weighted by Crippen LogP contribution is -2.53. The van der Waals surface area contributed by atoms with E-state index in [-0.39, 0.29) is 42.4 Å². The number of rotatable bonds is 6. The molecule has 0 radical (unpaired) electrons. The normalized spacial score (nSPS) is 20.2. The standard InChI is InChI=1S/C32H28F3N5O3S/c33-24-3-5-25(6-4-24)40-29-16-23-10-14-39(44(42,43)26-7-8-27(34)28(35)17-26)20-32(23,18-22(29)19-37-40)31(41)21-9-11-36-30(15-21)38-12-1-2-13-38/h3-9,11,15-17,19H,1-2,10,12-14,18,20H2/t32-/m0/s1. The molecule has 3 aliphatic rings. The lowest BCUT2D eigenvalue weighted by Gasteiger charge is -2.45. The van der Waals surface area contributed by atoms with E-state index in [0.29, 0.717) is 23.1 Å². The number of nitrogens with zero attached hydrogens (tertiary/aromatic N) is 5. The van der Waals surface area contributed by atoms with Crippen molar-refractivity contribution in [1.29, 1.82) is 0 Å². The number of benzene rings is 2. The number of halogens is 3. The number of ketones is 1. The van der Waals surface area contributed by atoms with Crippen molar-refractivity contribution in [2.75, 3.05) is 31.1 Å². The highest BCUT2D eigenvalue weighted by molar-refractivity contribution is 7.89. The SMILES string of the molecule is O=C(c1ccnc(N2CCCC2)c1)[C@]12Cc3cnn(-c4ccc(F)cc4)c3C=C1CCN(S(=O)(=O)c1ccc(F)c(F)c1)C2. The second kappa shape index (κ2) is 10.7. The molecule has 1 atom stereocenters. The molecule has 2 aliphatic heterocycles. The van der Waals surface area contributed by atoms with Gasteiger partial charge >= 0.3 is 0 Å². The van der Waals surface area contributed by atoms with Crippen LogP contribution in [0.3, 0.4) is 0 Å². The van der Waals surface area contributed by atoms with Gasteiger partial charge in [-0.1, -0.05) is 5.57 Å². The number of hydrogen-bond donors (Lipinski definition) is 0. The van der Waals surface area contributed by atoms with Gasteiger partial charge in [0.2, 0.25) is 10.0 Å². The second-order valence-corrected chi connectivity index (χ2v) is 13.4. The van der Waals surface area contributed by atoms with E-state index in [2.05, 4.69) is 15.0 Å². The molecule has 0 saturated carbocycles. The van der Waals surface area contributed by atoms with E-state index in [0.717, 1.165) is 54.9 Å². The summed E-state index contributed by atoms with van der Waals surface area (Å²) >= 11 is 0. The largest absolute Gasteiger partial charge is 0.357 e. The number of anilines is 1. The molecular weight excluding hydrogens is 591 g/mol.